The Bertz CT molecular complexity index is 923. The Kier molecular flexibility index (Phi) is 4.39. The smallest absolute Gasteiger partial charge is 0.257 e. The molecule has 1 saturated heterocycles. The second kappa shape index (κ2) is 7.00. The number of carbonyl (C=O) groups is 2. The predicted molar refractivity (Wildman–Crippen MR) is 97.7 cm³/mol. The number of amides is 2. The number of fused-ring (bicyclic) bond motifs is 1. The fourth-order valence-corrected chi connectivity index (χ4v) is 3.35. The molecule has 1 N–H and O–H groups in total. The first-order valence-corrected chi connectivity index (χ1v) is 8.68. The number of hydrogen-bond donors (Lipinski definition) is 1. The summed E-state index contributed by atoms with van der Waals surface area (Å²) >= 11 is 0. The SMILES string of the molecule is O=C(Nc1cccc2cccnc12)C1CCN(C(=O)c2ccoc2)CC1. The predicted octanol–water partition coefficient (Wildman–Crippen LogP) is 3.32. The fourth-order valence-electron chi connectivity index (χ4n) is 3.35. The first-order valence-electron chi connectivity index (χ1n) is 8.68. The number of nitrogens with one attached hydrogen (secondary N) is 1. The number of anilines is 1. The standard InChI is InChI=1S/C20H19N3O3/c24-19(22-17-5-1-3-14-4-2-9-21-18(14)17)15-6-10-23(11-7-15)20(25)16-8-12-26-13-16/h1-5,8-9,12-13,15H,6-7,10-11H2,(H,22,24). The van der Waals surface area contributed by atoms with Crippen LogP contribution in [-0.4, -0.2) is 34.8 Å². The first kappa shape index (κ1) is 16.3. The zero-order valence-electron chi connectivity index (χ0n) is 14.2. The Hall–Kier alpha value is -3.15. The second-order valence-electron chi connectivity index (χ2n) is 6.45. The van der Waals surface area contributed by atoms with Gasteiger partial charge in [0.1, 0.15) is 6.26 Å². The van der Waals surface area contributed by atoms with Gasteiger partial charge in [0.15, 0.2) is 0 Å². The molecular weight excluding hydrogens is 330 g/mol. The number of benzene rings is 1. The lowest BCUT2D eigenvalue weighted by Gasteiger charge is -2.31. The van der Waals surface area contributed by atoms with E-state index in [1.807, 2.05) is 30.3 Å². The molecule has 2 aromatic heterocycles. The maximum Gasteiger partial charge on any atom is 0.257 e. The number of furan rings is 1. The van der Waals surface area contributed by atoms with Crippen LogP contribution in [0.15, 0.2) is 59.5 Å². The van der Waals surface area contributed by atoms with Crippen molar-refractivity contribution in [3.8, 4) is 0 Å². The summed E-state index contributed by atoms with van der Waals surface area (Å²) in [7, 11) is 0. The molecule has 6 nitrogen and oxygen atoms in total. The lowest BCUT2D eigenvalue weighted by Crippen LogP contribution is -2.41. The molecule has 1 fully saturated rings. The van der Waals surface area contributed by atoms with Crippen LogP contribution in [-0.2, 0) is 4.79 Å². The van der Waals surface area contributed by atoms with E-state index in [9.17, 15) is 9.59 Å². The van der Waals surface area contributed by atoms with E-state index in [2.05, 4.69) is 10.3 Å². The number of likely N-dealkylation sites (tertiary alicyclic amines) is 1. The van der Waals surface area contributed by atoms with Crippen molar-refractivity contribution in [1.29, 1.82) is 0 Å². The average molecular weight is 349 g/mol. The van der Waals surface area contributed by atoms with Crippen molar-refractivity contribution in [3.63, 3.8) is 0 Å². The zero-order chi connectivity index (χ0) is 17.9. The number of aromatic nitrogens is 1. The summed E-state index contributed by atoms with van der Waals surface area (Å²) in [5, 5.41) is 4.00. The highest BCUT2D eigenvalue weighted by atomic mass is 16.3. The summed E-state index contributed by atoms with van der Waals surface area (Å²) in [6, 6.07) is 11.3. The summed E-state index contributed by atoms with van der Waals surface area (Å²) in [5.74, 6) is -0.170. The Morgan fingerprint density at radius 3 is 2.69 bits per heavy atom. The minimum atomic E-state index is -0.109. The number of para-hydroxylation sites is 1. The number of hydrogen-bond acceptors (Lipinski definition) is 4. The molecule has 0 bridgehead atoms. The Labute approximate surface area is 150 Å². The van der Waals surface area contributed by atoms with Crippen molar-refractivity contribution in [3.05, 3.63) is 60.7 Å². The van der Waals surface area contributed by atoms with Gasteiger partial charge >= 0.3 is 0 Å². The molecule has 6 heteroatoms. The number of nitrogens with zero attached hydrogens (tertiary/aromatic N) is 2. The molecule has 0 spiro atoms. The molecule has 2 amide bonds. The van der Waals surface area contributed by atoms with E-state index in [0.717, 1.165) is 16.6 Å². The highest BCUT2D eigenvalue weighted by Crippen LogP contribution is 2.24. The van der Waals surface area contributed by atoms with Crippen molar-refractivity contribution in [2.45, 2.75) is 12.8 Å². The monoisotopic (exact) mass is 349 g/mol. The molecule has 1 aromatic carbocycles. The van der Waals surface area contributed by atoms with E-state index < -0.39 is 0 Å². The number of rotatable bonds is 3. The summed E-state index contributed by atoms with van der Waals surface area (Å²) in [6.07, 6.45) is 5.96. The van der Waals surface area contributed by atoms with Gasteiger partial charge in [-0.1, -0.05) is 18.2 Å². The quantitative estimate of drug-likeness (QED) is 0.787. The molecule has 4 rings (SSSR count). The van der Waals surface area contributed by atoms with E-state index in [1.54, 1.807) is 17.2 Å². The number of pyridine rings is 1. The van der Waals surface area contributed by atoms with Crippen LogP contribution >= 0.6 is 0 Å². The lowest BCUT2D eigenvalue weighted by molar-refractivity contribution is -0.121. The molecule has 3 aromatic rings. The van der Waals surface area contributed by atoms with Crippen LogP contribution in [0.4, 0.5) is 5.69 Å². The van der Waals surface area contributed by atoms with E-state index in [0.29, 0.717) is 31.5 Å². The highest BCUT2D eigenvalue weighted by molar-refractivity contribution is 6.01. The third kappa shape index (κ3) is 3.18. The molecule has 3 heterocycles. The largest absolute Gasteiger partial charge is 0.472 e. The summed E-state index contributed by atoms with van der Waals surface area (Å²) in [5.41, 5.74) is 2.07. The molecule has 0 radical (unpaired) electrons. The maximum absolute atomic E-state index is 12.7. The van der Waals surface area contributed by atoms with E-state index >= 15 is 0 Å². The van der Waals surface area contributed by atoms with Crippen molar-refractivity contribution in [2.75, 3.05) is 18.4 Å². The molecule has 0 aliphatic carbocycles. The van der Waals surface area contributed by atoms with Gasteiger partial charge < -0.3 is 14.6 Å². The zero-order valence-corrected chi connectivity index (χ0v) is 14.2. The molecule has 132 valence electrons. The Morgan fingerprint density at radius 1 is 1.12 bits per heavy atom. The molecule has 0 atom stereocenters. The van der Waals surface area contributed by atoms with Crippen molar-refractivity contribution in [2.24, 2.45) is 5.92 Å². The van der Waals surface area contributed by atoms with Crippen LogP contribution in [0.2, 0.25) is 0 Å². The average Bonchev–Trinajstić information content (AvgIpc) is 3.23. The summed E-state index contributed by atoms with van der Waals surface area (Å²) in [4.78, 5) is 31.1. The van der Waals surface area contributed by atoms with Gasteiger partial charge in [-0.25, -0.2) is 0 Å². The van der Waals surface area contributed by atoms with Gasteiger partial charge in [0.25, 0.3) is 5.91 Å². The molecule has 1 aliphatic rings. The van der Waals surface area contributed by atoms with E-state index in [-0.39, 0.29) is 17.7 Å². The van der Waals surface area contributed by atoms with Crippen LogP contribution in [0.3, 0.4) is 0 Å². The fraction of sp³-hybridized carbons (Fsp3) is 0.250. The lowest BCUT2D eigenvalue weighted by atomic mass is 9.95. The van der Waals surface area contributed by atoms with Crippen molar-refractivity contribution in [1.82, 2.24) is 9.88 Å². The normalized spacial score (nSPS) is 15.2. The third-order valence-electron chi connectivity index (χ3n) is 4.81. The third-order valence-corrected chi connectivity index (χ3v) is 4.81. The minimum absolute atomic E-state index is 0.0152. The van der Waals surface area contributed by atoms with Crippen LogP contribution in [0.25, 0.3) is 10.9 Å². The van der Waals surface area contributed by atoms with Crippen LogP contribution in [0, 0.1) is 5.92 Å². The topological polar surface area (TPSA) is 75.4 Å². The van der Waals surface area contributed by atoms with Gasteiger partial charge in [-0.15, -0.1) is 0 Å². The first-order chi connectivity index (χ1) is 12.7. The number of piperidine rings is 1. The maximum atomic E-state index is 12.7. The van der Waals surface area contributed by atoms with Crippen LogP contribution in [0.5, 0.6) is 0 Å². The van der Waals surface area contributed by atoms with Gasteiger partial charge in [0, 0.05) is 30.6 Å². The molecule has 0 saturated carbocycles. The van der Waals surface area contributed by atoms with Gasteiger partial charge in [-0.3, -0.25) is 14.6 Å². The van der Waals surface area contributed by atoms with Gasteiger partial charge in [0.05, 0.1) is 23.0 Å². The highest BCUT2D eigenvalue weighted by Gasteiger charge is 2.28. The van der Waals surface area contributed by atoms with Crippen molar-refractivity contribution >= 4 is 28.4 Å². The minimum Gasteiger partial charge on any atom is -0.472 e. The summed E-state index contributed by atoms with van der Waals surface area (Å²) in [6.45, 7) is 1.13. The van der Waals surface area contributed by atoms with Gasteiger partial charge in [-0.2, -0.15) is 0 Å². The van der Waals surface area contributed by atoms with Gasteiger partial charge in [0.2, 0.25) is 5.91 Å². The van der Waals surface area contributed by atoms with Gasteiger partial charge in [-0.05, 0) is 31.0 Å². The van der Waals surface area contributed by atoms with Crippen LogP contribution in [0.1, 0.15) is 23.2 Å². The molecular formula is C20H19N3O3. The van der Waals surface area contributed by atoms with E-state index in [4.69, 9.17) is 4.42 Å². The molecule has 26 heavy (non-hydrogen) atoms. The number of carbonyl (C=O) groups excluding carboxylic acids is 2. The van der Waals surface area contributed by atoms with Crippen LogP contribution < -0.4 is 5.32 Å². The van der Waals surface area contributed by atoms with E-state index in [1.165, 1.54) is 12.5 Å². The summed E-state index contributed by atoms with van der Waals surface area (Å²) < 4.78 is 4.97. The second-order valence-corrected chi connectivity index (χ2v) is 6.45. The van der Waals surface area contributed by atoms with Crippen molar-refractivity contribution < 1.29 is 14.0 Å². The molecule has 1 aliphatic heterocycles. The Morgan fingerprint density at radius 2 is 1.92 bits per heavy atom. The molecule has 0 unspecified atom stereocenters. The Balaban J connectivity index is 1.40.